The van der Waals surface area contributed by atoms with Crippen LogP contribution in [-0.2, 0) is 32.5 Å². The van der Waals surface area contributed by atoms with Crippen LogP contribution in [0.1, 0.15) is 34.3 Å². The average Bonchev–Trinajstić information content (AvgIpc) is 3.70. The minimum atomic E-state index is -4.64. The van der Waals surface area contributed by atoms with Crippen molar-refractivity contribution in [2.24, 2.45) is 7.05 Å². The molecule has 1 amide bonds. The number of hydrogen-bond donors (Lipinski definition) is 1. The molecular weight excluding hydrogens is 728 g/mol. The third-order valence-electron chi connectivity index (χ3n) is 9.94. The lowest BCUT2D eigenvalue weighted by Gasteiger charge is -2.38. The first-order valence-electron chi connectivity index (χ1n) is 17.6. The molecule has 2 saturated heterocycles. The molecule has 0 radical (unpaired) electrons. The number of rotatable bonds is 9. The van der Waals surface area contributed by atoms with E-state index >= 15 is 4.39 Å². The van der Waals surface area contributed by atoms with Crippen molar-refractivity contribution in [2.45, 2.75) is 50.6 Å². The summed E-state index contributed by atoms with van der Waals surface area (Å²) in [7, 11) is 1.52. The number of aromatic nitrogens is 4. The van der Waals surface area contributed by atoms with Crippen LogP contribution in [-0.4, -0.2) is 88.3 Å². The highest BCUT2D eigenvalue weighted by molar-refractivity contribution is 5.99. The summed E-state index contributed by atoms with van der Waals surface area (Å²) in [5, 5.41) is 3.29. The molecule has 2 aliphatic heterocycles. The van der Waals surface area contributed by atoms with Gasteiger partial charge in [-0.1, -0.05) is 12.1 Å². The Kier molecular flexibility index (Phi) is 10.4. The van der Waals surface area contributed by atoms with E-state index in [9.17, 15) is 32.3 Å². The van der Waals surface area contributed by atoms with Crippen LogP contribution in [0.3, 0.4) is 0 Å². The molecule has 1 N–H and O–H groups in total. The van der Waals surface area contributed by atoms with E-state index < -0.39 is 59.4 Å². The van der Waals surface area contributed by atoms with Crippen molar-refractivity contribution in [3.05, 3.63) is 104 Å². The SMILES string of the molecule is Cc1cc(N2CCOC[C@@H]2C(F)(F)F)cc(F)c1C(=O)N[C@@H](Cc1ccc(-n2c(=O)c3ccncc3n(C)c2=O)c2ncccc12)C(=O)OC[C@H]1CCCO1. The number of nitrogens with zero attached hydrogens (tertiary/aromatic N) is 5. The lowest BCUT2D eigenvalue weighted by molar-refractivity contribution is -0.167. The molecule has 7 rings (SSSR count). The quantitative estimate of drug-likeness (QED) is 0.173. The van der Waals surface area contributed by atoms with Gasteiger partial charge < -0.3 is 24.4 Å². The predicted molar refractivity (Wildman–Crippen MR) is 192 cm³/mol. The highest BCUT2D eigenvalue weighted by Gasteiger charge is 2.45. The van der Waals surface area contributed by atoms with Gasteiger partial charge in [0, 0.05) is 50.1 Å². The minimum Gasteiger partial charge on any atom is -0.461 e. The molecule has 0 aliphatic carbocycles. The Morgan fingerprint density at radius 1 is 1.09 bits per heavy atom. The van der Waals surface area contributed by atoms with E-state index in [4.69, 9.17) is 14.2 Å². The summed E-state index contributed by atoms with van der Waals surface area (Å²) >= 11 is 0. The van der Waals surface area contributed by atoms with E-state index in [-0.39, 0.29) is 60.1 Å². The van der Waals surface area contributed by atoms with Gasteiger partial charge >= 0.3 is 17.8 Å². The van der Waals surface area contributed by atoms with Gasteiger partial charge in [0.25, 0.3) is 11.5 Å². The van der Waals surface area contributed by atoms with E-state index in [2.05, 4.69) is 15.3 Å². The van der Waals surface area contributed by atoms with Crippen molar-refractivity contribution >= 4 is 39.4 Å². The third-order valence-corrected chi connectivity index (χ3v) is 9.94. The van der Waals surface area contributed by atoms with Gasteiger partial charge in [0.05, 0.1) is 53.2 Å². The second-order valence-electron chi connectivity index (χ2n) is 13.5. The molecule has 3 atom stereocenters. The molecule has 55 heavy (non-hydrogen) atoms. The molecular formula is C38H36F4N6O7. The number of halogens is 4. The number of hydrogen-bond acceptors (Lipinski definition) is 10. The van der Waals surface area contributed by atoms with Gasteiger partial charge in [-0.3, -0.25) is 24.1 Å². The summed E-state index contributed by atoms with van der Waals surface area (Å²) in [6.07, 6.45) is 0.633. The molecule has 2 aromatic carbocycles. The first-order valence-corrected chi connectivity index (χ1v) is 17.6. The van der Waals surface area contributed by atoms with Crippen molar-refractivity contribution in [1.82, 2.24) is 24.4 Å². The molecule has 5 aromatic rings. The Hall–Kier alpha value is -5.68. The van der Waals surface area contributed by atoms with Gasteiger partial charge in [-0.2, -0.15) is 13.2 Å². The number of esters is 1. The van der Waals surface area contributed by atoms with Crippen LogP contribution in [0.5, 0.6) is 0 Å². The zero-order valence-corrected chi connectivity index (χ0v) is 29.8. The number of nitrogens with one attached hydrogen (secondary N) is 1. The Bertz CT molecular complexity index is 2390. The van der Waals surface area contributed by atoms with Crippen LogP contribution in [0, 0.1) is 12.7 Å². The maximum Gasteiger partial charge on any atom is 0.411 e. The van der Waals surface area contributed by atoms with Crippen LogP contribution in [0.4, 0.5) is 23.2 Å². The molecule has 2 fully saturated rings. The highest BCUT2D eigenvalue weighted by Crippen LogP contribution is 2.33. The fourth-order valence-electron chi connectivity index (χ4n) is 7.14. The lowest BCUT2D eigenvalue weighted by atomic mass is 9.99. The number of benzene rings is 2. The van der Waals surface area contributed by atoms with E-state index in [0.717, 1.165) is 22.0 Å². The van der Waals surface area contributed by atoms with Gasteiger partial charge in [-0.25, -0.2) is 18.5 Å². The summed E-state index contributed by atoms with van der Waals surface area (Å²) in [6, 6.07) is 6.69. The molecule has 0 spiro atoms. The van der Waals surface area contributed by atoms with Crippen molar-refractivity contribution < 1.29 is 41.4 Å². The summed E-state index contributed by atoms with van der Waals surface area (Å²) in [5.41, 5.74) is -0.465. The first-order chi connectivity index (χ1) is 26.3. The fraction of sp³-hybridized carbons (Fsp3) is 0.368. The number of anilines is 1. The highest BCUT2D eigenvalue weighted by atomic mass is 19.4. The maximum absolute atomic E-state index is 15.8. The van der Waals surface area contributed by atoms with Crippen LogP contribution < -0.4 is 21.5 Å². The molecule has 288 valence electrons. The van der Waals surface area contributed by atoms with E-state index in [1.807, 2.05) is 0 Å². The van der Waals surface area contributed by atoms with E-state index in [1.54, 1.807) is 18.2 Å². The van der Waals surface area contributed by atoms with Crippen LogP contribution in [0.25, 0.3) is 27.5 Å². The molecule has 3 aromatic heterocycles. The molecule has 2 aliphatic rings. The number of pyridine rings is 2. The summed E-state index contributed by atoms with van der Waals surface area (Å²) in [4.78, 5) is 64.1. The van der Waals surface area contributed by atoms with Gasteiger partial charge in [0.15, 0.2) is 0 Å². The number of carbonyl (C=O) groups is 2. The number of amides is 1. The Balaban J connectivity index is 1.23. The molecule has 5 heterocycles. The Morgan fingerprint density at radius 3 is 2.65 bits per heavy atom. The average molecular weight is 765 g/mol. The van der Waals surface area contributed by atoms with Gasteiger partial charge in [-0.15, -0.1) is 0 Å². The largest absolute Gasteiger partial charge is 0.461 e. The number of carbonyl (C=O) groups excluding carboxylic acids is 2. The van der Waals surface area contributed by atoms with Gasteiger partial charge in [0.1, 0.15) is 24.5 Å². The molecule has 0 saturated carbocycles. The molecule has 17 heteroatoms. The second-order valence-corrected chi connectivity index (χ2v) is 13.5. The summed E-state index contributed by atoms with van der Waals surface area (Å²) in [6.45, 7) is 1.05. The second kappa shape index (κ2) is 15.2. The normalized spacial score (nSPS) is 18.1. The fourth-order valence-corrected chi connectivity index (χ4v) is 7.14. The number of morpholine rings is 1. The minimum absolute atomic E-state index is 0.00369. The third kappa shape index (κ3) is 7.41. The van der Waals surface area contributed by atoms with Gasteiger partial charge in [0.2, 0.25) is 0 Å². The Morgan fingerprint density at radius 2 is 1.91 bits per heavy atom. The van der Waals surface area contributed by atoms with E-state index in [0.29, 0.717) is 29.5 Å². The first kappa shape index (κ1) is 37.6. The standard InChI is InChI=1S/C38H36F4N6O7/c1-21-15-23(47-12-14-53-20-31(47)38(40,41)42)17-27(39)32(21)34(49)45-28(36(51)55-19-24-5-4-13-54-24)16-22-7-8-29(33-25(22)6-3-10-44-33)48-35(50)26-9-11-43-18-30(26)46(2)37(48)52/h3,6-11,15,17-18,24,28,31H,4-5,12-14,16,19-20H2,1-2H3,(H,45,49)/t24-,28+,31-/m1/s1. The zero-order chi connectivity index (χ0) is 39.0. The number of aryl methyl sites for hydroxylation is 2. The summed E-state index contributed by atoms with van der Waals surface area (Å²) in [5.74, 6) is -2.91. The lowest BCUT2D eigenvalue weighted by Crippen LogP contribution is -2.53. The molecule has 13 nitrogen and oxygen atoms in total. The van der Waals surface area contributed by atoms with Crippen molar-refractivity contribution in [3.63, 3.8) is 0 Å². The number of alkyl halides is 3. The topological polar surface area (TPSA) is 147 Å². The smallest absolute Gasteiger partial charge is 0.411 e. The molecule has 0 unspecified atom stereocenters. The number of fused-ring (bicyclic) bond motifs is 2. The maximum atomic E-state index is 15.8. The van der Waals surface area contributed by atoms with Crippen molar-refractivity contribution in [3.8, 4) is 5.69 Å². The van der Waals surface area contributed by atoms with E-state index in [1.165, 1.54) is 55.3 Å². The monoisotopic (exact) mass is 764 g/mol. The molecule has 0 bridgehead atoms. The van der Waals surface area contributed by atoms with Crippen LogP contribution in [0.2, 0.25) is 0 Å². The number of ether oxygens (including phenoxy) is 3. The van der Waals surface area contributed by atoms with Crippen molar-refractivity contribution in [2.75, 3.05) is 37.9 Å². The van der Waals surface area contributed by atoms with Gasteiger partial charge in [-0.05, 0) is 61.2 Å². The Labute approximate surface area is 310 Å². The van der Waals surface area contributed by atoms with Crippen molar-refractivity contribution in [1.29, 1.82) is 0 Å². The van der Waals surface area contributed by atoms with Crippen LogP contribution in [0.15, 0.2) is 70.6 Å². The zero-order valence-electron chi connectivity index (χ0n) is 29.8. The van der Waals surface area contributed by atoms with Crippen LogP contribution >= 0.6 is 0 Å². The predicted octanol–water partition coefficient (Wildman–Crippen LogP) is 3.91. The summed E-state index contributed by atoms with van der Waals surface area (Å²) < 4.78 is 75.6.